The number of ether oxygens (including phenoxy) is 3. The predicted molar refractivity (Wildman–Crippen MR) is 110 cm³/mol. The molecule has 0 bridgehead atoms. The van der Waals surface area contributed by atoms with Crippen LogP contribution in [0.3, 0.4) is 0 Å². The Labute approximate surface area is 164 Å². The molecule has 0 saturated heterocycles. The zero-order chi connectivity index (χ0) is 19.8. The molecule has 140 valence electrons. The van der Waals surface area contributed by atoms with Gasteiger partial charge in [0.2, 0.25) is 0 Å². The monoisotopic (exact) mass is 372 g/mol. The number of hydrogen-bond donors (Lipinski definition) is 0. The SMILES string of the molecule is C#CCOC(=O)/C=C/c1ccc(OC)c(OCc2cccc3ccccc23)c1. The lowest BCUT2D eigenvalue weighted by Crippen LogP contribution is -2.00. The van der Waals surface area contributed by atoms with Gasteiger partial charge in [-0.05, 0) is 40.1 Å². The summed E-state index contributed by atoms with van der Waals surface area (Å²) in [5.41, 5.74) is 1.87. The molecule has 0 atom stereocenters. The summed E-state index contributed by atoms with van der Waals surface area (Å²) in [5, 5.41) is 2.31. The van der Waals surface area contributed by atoms with Crippen LogP contribution in [0.15, 0.2) is 66.7 Å². The molecule has 0 radical (unpaired) electrons. The van der Waals surface area contributed by atoms with Crippen LogP contribution in [0.2, 0.25) is 0 Å². The van der Waals surface area contributed by atoms with E-state index < -0.39 is 5.97 Å². The Morgan fingerprint density at radius 1 is 1.07 bits per heavy atom. The Morgan fingerprint density at radius 2 is 1.89 bits per heavy atom. The fourth-order valence-corrected chi connectivity index (χ4v) is 2.81. The summed E-state index contributed by atoms with van der Waals surface area (Å²) in [7, 11) is 1.59. The molecule has 0 amide bonds. The molecular weight excluding hydrogens is 352 g/mol. The summed E-state index contributed by atoms with van der Waals surface area (Å²) < 4.78 is 16.2. The third kappa shape index (κ3) is 4.72. The number of rotatable bonds is 7. The molecule has 4 nitrogen and oxygen atoms in total. The summed E-state index contributed by atoms with van der Waals surface area (Å²) in [6, 6.07) is 19.7. The Hall–Kier alpha value is -3.71. The van der Waals surface area contributed by atoms with Crippen LogP contribution in [0.25, 0.3) is 16.8 Å². The lowest BCUT2D eigenvalue weighted by molar-refractivity contribution is -0.136. The molecule has 0 N–H and O–H groups in total. The van der Waals surface area contributed by atoms with E-state index >= 15 is 0 Å². The minimum Gasteiger partial charge on any atom is -0.493 e. The summed E-state index contributed by atoms with van der Waals surface area (Å²) in [4.78, 5) is 11.6. The lowest BCUT2D eigenvalue weighted by atomic mass is 10.1. The zero-order valence-electron chi connectivity index (χ0n) is 15.6. The van der Waals surface area contributed by atoms with E-state index in [1.54, 1.807) is 19.3 Å². The number of fused-ring (bicyclic) bond motifs is 1. The standard InChI is InChI=1S/C24H20O4/c1-3-15-27-24(25)14-12-18-11-13-22(26-2)23(16-18)28-17-20-9-6-8-19-7-4-5-10-21(19)20/h1,4-14,16H,15,17H2,2H3/b14-12+. The largest absolute Gasteiger partial charge is 0.493 e. The van der Waals surface area contributed by atoms with Gasteiger partial charge in [0, 0.05) is 6.08 Å². The number of hydrogen-bond acceptors (Lipinski definition) is 4. The van der Waals surface area contributed by atoms with Gasteiger partial charge in [-0.15, -0.1) is 6.42 Å². The van der Waals surface area contributed by atoms with Crippen molar-refractivity contribution < 1.29 is 19.0 Å². The third-order valence-corrected chi connectivity index (χ3v) is 4.16. The molecule has 3 aromatic carbocycles. The van der Waals surface area contributed by atoms with Crippen molar-refractivity contribution in [1.29, 1.82) is 0 Å². The molecule has 0 aliphatic rings. The molecule has 28 heavy (non-hydrogen) atoms. The average molecular weight is 372 g/mol. The van der Waals surface area contributed by atoms with Gasteiger partial charge in [-0.1, -0.05) is 54.5 Å². The molecule has 0 fully saturated rings. The van der Waals surface area contributed by atoms with Crippen molar-refractivity contribution in [2.75, 3.05) is 13.7 Å². The van der Waals surface area contributed by atoms with Gasteiger partial charge in [0.05, 0.1) is 7.11 Å². The smallest absolute Gasteiger partial charge is 0.331 e. The van der Waals surface area contributed by atoms with Crippen molar-refractivity contribution in [3.05, 3.63) is 77.9 Å². The maximum Gasteiger partial charge on any atom is 0.331 e. The highest BCUT2D eigenvalue weighted by molar-refractivity contribution is 5.87. The number of carbonyl (C=O) groups is 1. The highest BCUT2D eigenvalue weighted by Gasteiger charge is 2.07. The van der Waals surface area contributed by atoms with E-state index in [0.29, 0.717) is 18.1 Å². The zero-order valence-corrected chi connectivity index (χ0v) is 15.6. The molecule has 0 aromatic heterocycles. The normalized spacial score (nSPS) is 10.6. The summed E-state index contributed by atoms with van der Waals surface area (Å²) in [6.45, 7) is 0.347. The molecule has 0 unspecified atom stereocenters. The van der Waals surface area contributed by atoms with Crippen LogP contribution in [0.5, 0.6) is 11.5 Å². The van der Waals surface area contributed by atoms with Crippen LogP contribution in [0.4, 0.5) is 0 Å². The van der Waals surface area contributed by atoms with Gasteiger partial charge in [0.1, 0.15) is 6.61 Å². The highest BCUT2D eigenvalue weighted by Crippen LogP contribution is 2.30. The fourth-order valence-electron chi connectivity index (χ4n) is 2.81. The minimum atomic E-state index is -0.494. The fraction of sp³-hybridized carbons (Fsp3) is 0.125. The topological polar surface area (TPSA) is 44.8 Å². The number of terminal acetylenes is 1. The number of methoxy groups -OCH3 is 1. The molecule has 0 aliphatic carbocycles. The van der Waals surface area contributed by atoms with Crippen molar-refractivity contribution >= 4 is 22.8 Å². The van der Waals surface area contributed by atoms with Crippen molar-refractivity contribution in [1.82, 2.24) is 0 Å². The van der Waals surface area contributed by atoms with E-state index in [1.165, 1.54) is 6.08 Å². The van der Waals surface area contributed by atoms with E-state index in [0.717, 1.165) is 21.9 Å². The highest BCUT2D eigenvalue weighted by atomic mass is 16.5. The van der Waals surface area contributed by atoms with Gasteiger partial charge >= 0.3 is 5.97 Å². The molecule has 0 spiro atoms. The van der Waals surface area contributed by atoms with Gasteiger partial charge < -0.3 is 14.2 Å². The third-order valence-electron chi connectivity index (χ3n) is 4.16. The van der Waals surface area contributed by atoms with Gasteiger partial charge in [-0.2, -0.15) is 0 Å². The maximum absolute atomic E-state index is 11.6. The number of carbonyl (C=O) groups excluding carboxylic acids is 1. The Bertz CT molecular complexity index is 1040. The Balaban J connectivity index is 1.78. The minimum absolute atomic E-state index is 0.0504. The van der Waals surface area contributed by atoms with Crippen molar-refractivity contribution in [2.24, 2.45) is 0 Å². The second-order valence-electron chi connectivity index (χ2n) is 5.98. The first-order chi connectivity index (χ1) is 13.7. The predicted octanol–water partition coefficient (Wildman–Crippen LogP) is 4.62. The van der Waals surface area contributed by atoms with Crippen molar-refractivity contribution in [3.8, 4) is 23.8 Å². The van der Waals surface area contributed by atoms with Crippen LogP contribution in [0, 0.1) is 12.3 Å². The Morgan fingerprint density at radius 3 is 2.71 bits per heavy atom. The van der Waals surface area contributed by atoms with Gasteiger partial charge in [0.25, 0.3) is 0 Å². The first-order valence-corrected chi connectivity index (χ1v) is 8.77. The average Bonchev–Trinajstić information content (AvgIpc) is 2.74. The lowest BCUT2D eigenvalue weighted by Gasteiger charge is -2.13. The molecule has 3 rings (SSSR count). The molecule has 4 heteroatoms. The van der Waals surface area contributed by atoms with E-state index in [2.05, 4.69) is 24.1 Å². The first kappa shape index (κ1) is 19.1. The Kier molecular flexibility index (Phi) is 6.33. The number of esters is 1. The summed E-state index contributed by atoms with van der Waals surface area (Å²) in [6.07, 6.45) is 8.04. The van der Waals surface area contributed by atoms with Crippen LogP contribution in [-0.4, -0.2) is 19.7 Å². The molecule has 3 aromatic rings. The first-order valence-electron chi connectivity index (χ1n) is 8.77. The second kappa shape index (κ2) is 9.29. The van der Waals surface area contributed by atoms with Gasteiger partial charge in [-0.25, -0.2) is 4.79 Å². The quantitative estimate of drug-likeness (QED) is 0.345. The molecule has 0 heterocycles. The molecule has 0 aliphatic heterocycles. The number of benzene rings is 3. The van der Waals surface area contributed by atoms with Crippen LogP contribution >= 0.6 is 0 Å². The summed E-state index contributed by atoms with van der Waals surface area (Å²) >= 11 is 0. The van der Waals surface area contributed by atoms with Crippen LogP contribution in [-0.2, 0) is 16.1 Å². The molecular formula is C24H20O4. The van der Waals surface area contributed by atoms with Crippen molar-refractivity contribution in [2.45, 2.75) is 6.61 Å². The van der Waals surface area contributed by atoms with E-state index in [1.807, 2.05) is 36.4 Å². The van der Waals surface area contributed by atoms with E-state index in [-0.39, 0.29) is 6.61 Å². The summed E-state index contributed by atoms with van der Waals surface area (Å²) in [5.74, 6) is 2.97. The second-order valence-corrected chi connectivity index (χ2v) is 5.98. The van der Waals surface area contributed by atoms with Crippen molar-refractivity contribution in [3.63, 3.8) is 0 Å². The van der Waals surface area contributed by atoms with Gasteiger partial charge in [0.15, 0.2) is 18.1 Å². The van der Waals surface area contributed by atoms with E-state index in [9.17, 15) is 4.79 Å². The van der Waals surface area contributed by atoms with Gasteiger partial charge in [-0.3, -0.25) is 0 Å². The van der Waals surface area contributed by atoms with E-state index in [4.69, 9.17) is 20.6 Å². The van der Waals surface area contributed by atoms with Crippen LogP contribution < -0.4 is 9.47 Å². The maximum atomic E-state index is 11.6. The molecule has 0 saturated carbocycles. The van der Waals surface area contributed by atoms with Crippen LogP contribution in [0.1, 0.15) is 11.1 Å².